The molecule has 0 saturated carbocycles. The fourth-order valence-electron chi connectivity index (χ4n) is 2.47. The van der Waals surface area contributed by atoms with Crippen LogP contribution in [0.1, 0.15) is 18.1 Å². The average molecular weight is 407 g/mol. The Balaban J connectivity index is 2.19. The Labute approximate surface area is 174 Å². The Kier molecular flexibility index (Phi) is 8.21. The normalized spacial score (nSPS) is 10.9. The zero-order valence-electron chi connectivity index (χ0n) is 16.9. The first kappa shape index (κ1) is 22.2. The third-order valence-electron chi connectivity index (χ3n) is 3.86. The molecule has 0 aliphatic heterocycles. The first-order chi connectivity index (χ1) is 14.5. The smallest absolute Gasteiger partial charge is 0.348 e. The SMILES string of the molecule is CCOC(=O)/C(C#N)=C/c1ccc(OC(=O)/C=C/c2ccccc2OC)c(OC)c1. The summed E-state index contributed by atoms with van der Waals surface area (Å²) in [6.07, 6.45) is 4.23. The number of carbonyl (C=O) groups is 2. The predicted octanol–water partition coefficient (Wildman–Crippen LogP) is 3.79. The third kappa shape index (κ3) is 5.97. The zero-order chi connectivity index (χ0) is 21.9. The van der Waals surface area contributed by atoms with Crippen molar-refractivity contribution in [1.29, 1.82) is 5.26 Å². The number of hydrogen-bond donors (Lipinski definition) is 0. The van der Waals surface area contributed by atoms with Crippen LogP contribution in [0.5, 0.6) is 17.2 Å². The molecule has 0 spiro atoms. The summed E-state index contributed by atoms with van der Waals surface area (Å²) in [6, 6.07) is 13.7. The summed E-state index contributed by atoms with van der Waals surface area (Å²) >= 11 is 0. The minimum absolute atomic E-state index is 0.150. The molecule has 2 rings (SSSR count). The highest BCUT2D eigenvalue weighted by molar-refractivity contribution is 5.98. The molecule has 154 valence electrons. The number of esters is 2. The highest BCUT2D eigenvalue weighted by Gasteiger charge is 2.12. The maximum absolute atomic E-state index is 12.2. The van der Waals surface area contributed by atoms with Gasteiger partial charge in [0.05, 0.1) is 20.8 Å². The van der Waals surface area contributed by atoms with E-state index in [0.717, 1.165) is 5.56 Å². The molecule has 0 atom stereocenters. The molecule has 0 fully saturated rings. The monoisotopic (exact) mass is 407 g/mol. The molecule has 0 aliphatic rings. The summed E-state index contributed by atoms with van der Waals surface area (Å²) in [5.41, 5.74) is 1.09. The van der Waals surface area contributed by atoms with Gasteiger partial charge < -0.3 is 18.9 Å². The molecule has 0 N–H and O–H groups in total. The van der Waals surface area contributed by atoms with Crippen LogP contribution < -0.4 is 14.2 Å². The van der Waals surface area contributed by atoms with E-state index < -0.39 is 11.9 Å². The van der Waals surface area contributed by atoms with E-state index in [1.807, 2.05) is 12.1 Å². The van der Waals surface area contributed by atoms with Gasteiger partial charge in [0.2, 0.25) is 0 Å². The maximum Gasteiger partial charge on any atom is 0.348 e. The number of nitrogens with zero attached hydrogens (tertiary/aromatic N) is 1. The van der Waals surface area contributed by atoms with Gasteiger partial charge in [-0.1, -0.05) is 24.3 Å². The second-order valence-electron chi connectivity index (χ2n) is 5.80. The number of ether oxygens (including phenoxy) is 4. The summed E-state index contributed by atoms with van der Waals surface area (Å²) in [5, 5.41) is 9.14. The summed E-state index contributed by atoms with van der Waals surface area (Å²) in [7, 11) is 2.97. The van der Waals surface area contributed by atoms with E-state index in [-0.39, 0.29) is 23.7 Å². The van der Waals surface area contributed by atoms with Crippen molar-refractivity contribution in [2.24, 2.45) is 0 Å². The fourth-order valence-corrected chi connectivity index (χ4v) is 2.47. The van der Waals surface area contributed by atoms with Crippen LogP contribution in [0.2, 0.25) is 0 Å². The lowest BCUT2D eigenvalue weighted by Gasteiger charge is -2.09. The molecule has 7 heteroatoms. The van der Waals surface area contributed by atoms with E-state index in [1.54, 1.807) is 50.4 Å². The predicted molar refractivity (Wildman–Crippen MR) is 111 cm³/mol. The molecule has 30 heavy (non-hydrogen) atoms. The van der Waals surface area contributed by atoms with Gasteiger partial charge in [-0.15, -0.1) is 0 Å². The summed E-state index contributed by atoms with van der Waals surface area (Å²) in [5.74, 6) is -0.226. The first-order valence-electron chi connectivity index (χ1n) is 9.02. The molecule has 2 aromatic carbocycles. The van der Waals surface area contributed by atoms with Gasteiger partial charge in [-0.05, 0) is 42.8 Å². The van der Waals surface area contributed by atoms with Gasteiger partial charge in [-0.25, -0.2) is 9.59 Å². The topological polar surface area (TPSA) is 94.9 Å². The van der Waals surface area contributed by atoms with Gasteiger partial charge in [0.25, 0.3) is 0 Å². The molecular weight excluding hydrogens is 386 g/mol. The summed E-state index contributed by atoms with van der Waals surface area (Å²) < 4.78 is 20.7. The lowest BCUT2D eigenvalue weighted by atomic mass is 10.1. The van der Waals surface area contributed by atoms with Gasteiger partial charge in [0, 0.05) is 11.6 Å². The highest BCUT2D eigenvalue weighted by atomic mass is 16.6. The lowest BCUT2D eigenvalue weighted by molar-refractivity contribution is -0.138. The average Bonchev–Trinajstić information content (AvgIpc) is 2.77. The van der Waals surface area contributed by atoms with Crippen molar-refractivity contribution in [3.8, 4) is 23.3 Å². The van der Waals surface area contributed by atoms with Crippen LogP contribution in [0.15, 0.2) is 54.1 Å². The zero-order valence-corrected chi connectivity index (χ0v) is 16.9. The number of carbonyl (C=O) groups excluding carboxylic acids is 2. The third-order valence-corrected chi connectivity index (χ3v) is 3.86. The van der Waals surface area contributed by atoms with E-state index in [0.29, 0.717) is 11.3 Å². The standard InChI is InChI=1S/C23H21NO6/c1-4-29-23(26)18(15-24)13-16-9-11-20(21(14-16)28-3)30-22(25)12-10-17-7-5-6-8-19(17)27-2/h5-14H,4H2,1-3H3/b12-10+,18-13+. The van der Waals surface area contributed by atoms with E-state index in [9.17, 15) is 9.59 Å². The Morgan fingerprint density at radius 3 is 2.43 bits per heavy atom. The number of para-hydroxylation sites is 1. The largest absolute Gasteiger partial charge is 0.496 e. The summed E-state index contributed by atoms with van der Waals surface area (Å²) in [6.45, 7) is 1.82. The second-order valence-corrected chi connectivity index (χ2v) is 5.80. The quantitative estimate of drug-likeness (QED) is 0.284. The van der Waals surface area contributed by atoms with E-state index in [4.69, 9.17) is 24.2 Å². The van der Waals surface area contributed by atoms with Crippen molar-refractivity contribution in [3.05, 3.63) is 65.2 Å². The van der Waals surface area contributed by atoms with E-state index in [2.05, 4.69) is 0 Å². The lowest BCUT2D eigenvalue weighted by Crippen LogP contribution is -2.06. The molecule has 0 unspecified atom stereocenters. The van der Waals surface area contributed by atoms with Crippen molar-refractivity contribution >= 4 is 24.1 Å². The van der Waals surface area contributed by atoms with Crippen LogP contribution >= 0.6 is 0 Å². The molecule has 0 amide bonds. The van der Waals surface area contributed by atoms with Crippen molar-refractivity contribution < 1.29 is 28.5 Å². The van der Waals surface area contributed by atoms with Crippen LogP contribution in [0, 0.1) is 11.3 Å². The molecule has 0 aliphatic carbocycles. The van der Waals surface area contributed by atoms with Crippen LogP contribution in [0.4, 0.5) is 0 Å². The Morgan fingerprint density at radius 2 is 1.77 bits per heavy atom. The summed E-state index contributed by atoms with van der Waals surface area (Å²) in [4.78, 5) is 24.0. The molecule has 0 saturated heterocycles. The minimum Gasteiger partial charge on any atom is -0.496 e. The number of rotatable bonds is 8. The van der Waals surface area contributed by atoms with Crippen LogP contribution in [0.25, 0.3) is 12.2 Å². The van der Waals surface area contributed by atoms with Crippen molar-refractivity contribution in [3.63, 3.8) is 0 Å². The van der Waals surface area contributed by atoms with Gasteiger partial charge in [-0.2, -0.15) is 5.26 Å². The van der Waals surface area contributed by atoms with Crippen molar-refractivity contribution in [2.45, 2.75) is 6.92 Å². The van der Waals surface area contributed by atoms with Gasteiger partial charge in [-0.3, -0.25) is 0 Å². The van der Waals surface area contributed by atoms with Gasteiger partial charge in [0.1, 0.15) is 17.4 Å². The molecular formula is C23H21NO6. The highest BCUT2D eigenvalue weighted by Crippen LogP contribution is 2.29. The Hall–Kier alpha value is -4.05. The molecule has 7 nitrogen and oxygen atoms in total. The van der Waals surface area contributed by atoms with Gasteiger partial charge >= 0.3 is 11.9 Å². The fraction of sp³-hybridized carbons (Fsp3) is 0.174. The number of nitriles is 1. The van der Waals surface area contributed by atoms with E-state index in [1.165, 1.54) is 25.3 Å². The Morgan fingerprint density at radius 1 is 1.03 bits per heavy atom. The molecule has 0 heterocycles. The van der Waals surface area contributed by atoms with E-state index >= 15 is 0 Å². The van der Waals surface area contributed by atoms with Crippen molar-refractivity contribution in [2.75, 3.05) is 20.8 Å². The molecule has 0 bridgehead atoms. The first-order valence-corrected chi connectivity index (χ1v) is 9.02. The van der Waals surface area contributed by atoms with Crippen LogP contribution in [0.3, 0.4) is 0 Å². The molecule has 2 aromatic rings. The van der Waals surface area contributed by atoms with Crippen molar-refractivity contribution in [1.82, 2.24) is 0 Å². The minimum atomic E-state index is -0.712. The van der Waals surface area contributed by atoms with Crippen LogP contribution in [-0.4, -0.2) is 32.8 Å². The number of hydrogen-bond acceptors (Lipinski definition) is 7. The maximum atomic E-state index is 12.2. The number of methoxy groups -OCH3 is 2. The molecule has 0 aromatic heterocycles. The van der Waals surface area contributed by atoms with Crippen LogP contribution in [-0.2, 0) is 14.3 Å². The Bertz CT molecular complexity index is 1020. The molecule has 0 radical (unpaired) electrons. The number of benzene rings is 2. The second kappa shape index (κ2) is 11.1. The van der Waals surface area contributed by atoms with Gasteiger partial charge in [0.15, 0.2) is 11.5 Å².